The van der Waals surface area contributed by atoms with E-state index < -0.39 is 16.8 Å². The molecule has 0 bridgehead atoms. The van der Waals surface area contributed by atoms with Gasteiger partial charge in [-0.3, -0.25) is 10.1 Å². The average Bonchev–Trinajstić information content (AvgIpc) is 2.84. The Hall–Kier alpha value is -4.84. The Labute approximate surface area is 194 Å². The molecule has 0 saturated heterocycles. The van der Waals surface area contributed by atoms with Gasteiger partial charge in [0.05, 0.1) is 23.0 Å². The highest BCUT2D eigenvalue weighted by Crippen LogP contribution is 2.43. The zero-order valence-corrected chi connectivity index (χ0v) is 18.1. The summed E-state index contributed by atoms with van der Waals surface area (Å²) in [5, 5.41) is 20.5. The van der Waals surface area contributed by atoms with E-state index in [9.17, 15) is 20.2 Å². The smallest absolute Gasteiger partial charge is 0.343 e. The van der Waals surface area contributed by atoms with Crippen LogP contribution in [-0.4, -0.2) is 17.5 Å². The van der Waals surface area contributed by atoms with Crippen LogP contribution in [0.2, 0.25) is 0 Å². The molecule has 1 unspecified atom stereocenters. The Kier molecular flexibility index (Phi) is 6.14. The summed E-state index contributed by atoms with van der Waals surface area (Å²) in [6, 6.07) is 19.4. The molecule has 0 amide bonds. The summed E-state index contributed by atoms with van der Waals surface area (Å²) in [4.78, 5) is 22.7. The summed E-state index contributed by atoms with van der Waals surface area (Å²) in [6.45, 7) is 2.43. The van der Waals surface area contributed by atoms with Crippen LogP contribution in [0.5, 0.6) is 17.2 Å². The summed E-state index contributed by atoms with van der Waals surface area (Å²) >= 11 is 0. The van der Waals surface area contributed by atoms with Gasteiger partial charge in [-0.15, -0.1) is 0 Å². The minimum Gasteiger partial charge on any atom is -0.494 e. The molecule has 34 heavy (non-hydrogen) atoms. The first-order chi connectivity index (χ1) is 16.4. The van der Waals surface area contributed by atoms with Gasteiger partial charge in [0, 0.05) is 23.8 Å². The highest BCUT2D eigenvalue weighted by molar-refractivity contribution is 5.91. The number of benzene rings is 3. The molecular weight excluding hydrogens is 438 g/mol. The van der Waals surface area contributed by atoms with Crippen LogP contribution in [0.4, 0.5) is 5.69 Å². The van der Waals surface area contributed by atoms with Crippen molar-refractivity contribution < 1.29 is 23.9 Å². The van der Waals surface area contributed by atoms with Gasteiger partial charge < -0.3 is 19.9 Å². The van der Waals surface area contributed by atoms with E-state index in [4.69, 9.17) is 19.9 Å². The Morgan fingerprint density at radius 2 is 1.79 bits per heavy atom. The van der Waals surface area contributed by atoms with Crippen molar-refractivity contribution >= 4 is 11.7 Å². The normalized spacial score (nSPS) is 14.4. The summed E-state index contributed by atoms with van der Waals surface area (Å²) in [5.41, 5.74) is 7.84. The van der Waals surface area contributed by atoms with Crippen LogP contribution in [0.3, 0.4) is 0 Å². The average molecular weight is 457 g/mol. The lowest BCUT2D eigenvalue weighted by Crippen LogP contribution is -2.21. The fourth-order valence-electron chi connectivity index (χ4n) is 3.65. The van der Waals surface area contributed by atoms with Crippen molar-refractivity contribution in [2.45, 2.75) is 12.8 Å². The summed E-state index contributed by atoms with van der Waals surface area (Å²) in [7, 11) is 0. The topological polar surface area (TPSA) is 138 Å². The number of allylic oxidation sites excluding steroid dienone is 1. The molecule has 0 radical (unpaired) electrons. The van der Waals surface area contributed by atoms with Crippen molar-refractivity contribution in [2.24, 2.45) is 5.73 Å². The number of fused-ring (bicyclic) bond motifs is 1. The summed E-state index contributed by atoms with van der Waals surface area (Å²) < 4.78 is 16.6. The molecule has 1 aliphatic heterocycles. The number of hydrogen-bond acceptors (Lipinski definition) is 8. The van der Waals surface area contributed by atoms with E-state index in [1.165, 1.54) is 30.3 Å². The van der Waals surface area contributed by atoms with Gasteiger partial charge in [-0.2, -0.15) is 5.26 Å². The first-order valence-electron chi connectivity index (χ1n) is 10.3. The van der Waals surface area contributed by atoms with E-state index in [2.05, 4.69) is 6.07 Å². The van der Waals surface area contributed by atoms with Crippen LogP contribution in [0, 0.1) is 21.4 Å². The maximum atomic E-state index is 12.5. The zero-order chi connectivity index (χ0) is 24.2. The number of carbonyl (C=O) groups excluding carboxylic acids is 1. The lowest BCUT2D eigenvalue weighted by Gasteiger charge is -2.26. The zero-order valence-electron chi connectivity index (χ0n) is 18.1. The number of esters is 1. The van der Waals surface area contributed by atoms with Gasteiger partial charge in [-0.25, -0.2) is 4.79 Å². The Morgan fingerprint density at radius 1 is 1.12 bits per heavy atom. The van der Waals surface area contributed by atoms with Crippen molar-refractivity contribution in [1.29, 1.82) is 5.26 Å². The van der Waals surface area contributed by atoms with Crippen LogP contribution >= 0.6 is 0 Å². The van der Waals surface area contributed by atoms with Gasteiger partial charge in [0.1, 0.15) is 28.9 Å². The molecule has 9 heteroatoms. The van der Waals surface area contributed by atoms with E-state index in [0.29, 0.717) is 23.7 Å². The van der Waals surface area contributed by atoms with E-state index in [0.717, 1.165) is 5.56 Å². The number of hydrogen-bond donors (Lipinski definition) is 1. The number of nitrogens with zero attached hydrogens (tertiary/aromatic N) is 2. The Morgan fingerprint density at radius 3 is 2.41 bits per heavy atom. The van der Waals surface area contributed by atoms with Crippen LogP contribution in [0.15, 0.2) is 78.2 Å². The van der Waals surface area contributed by atoms with Gasteiger partial charge in [-0.05, 0) is 42.8 Å². The number of nitro groups is 1. The largest absolute Gasteiger partial charge is 0.494 e. The standard InChI is InChI=1S/C25H19N3O6/c1-2-32-18-9-5-15(6-10-18)23-20-12-11-19(13-22(20)34-24(27)21(23)14-26)33-25(29)16-3-7-17(8-4-16)28(30)31/h3-13,23H,2,27H2,1H3. The number of nitro benzene ring substituents is 1. The van der Waals surface area contributed by atoms with Crippen molar-refractivity contribution in [2.75, 3.05) is 6.61 Å². The monoisotopic (exact) mass is 457 g/mol. The van der Waals surface area contributed by atoms with Crippen molar-refractivity contribution in [3.05, 3.63) is 105 Å². The lowest BCUT2D eigenvalue weighted by molar-refractivity contribution is -0.384. The van der Waals surface area contributed by atoms with E-state index in [-0.39, 0.29) is 28.5 Å². The summed E-state index contributed by atoms with van der Waals surface area (Å²) in [6.07, 6.45) is 0. The lowest BCUT2D eigenvalue weighted by atomic mass is 9.83. The molecule has 1 aliphatic rings. The molecule has 0 saturated carbocycles. The van der Waals surface area contributed by atoms with Gasteiger partial charge in [0.15, 0.2) is 0 Å². The second-order valence-corrected chi connectivity index (χ2v) is 7.32. The van der Waals surface area contributed by atoms with Gasteiger partial charge in [0.25, 0.3) is 5.69 Å². The number of nitriles is 1. The van der Waals surface area contributed by atoms with E-state index in [1.807, 2.05) is 31.2 Å². The second-order valence-electron chi connectivity index (χ2n) is 7.32. The molecule has 1 atom stereocenters. The molecule has 3 aromatic rings. The predicted molar refractivity (Wildman–Crippen MR) is 121 cm³/mol. The molecule has 4 rings (SSSR count). The fraction of sp³-hybridized carbons (Fsp3) is 0.120. The van der Waals surface area contributed by atoms with Crippen molar-refractivity contribution in [3.8, 4) is 23.3 Å². The first-order valence-corrected chi connectivity index (χ1v) is 10.3. The molecular formula is C25H19N3O6. The van der Waals surface area contributed by atoms with E-state index in [1.54, 1.807) is 12.1 Å². The van der Waals surface area contributed by atoms with Crippen LogP contribution in [-0.2, 0) is 0 Å². The molecule has 0 spiro atoms. The molecule has 1 heterocycles. The SMILES string of the molecule is CCOc1ccc(C2C(C#N)=C(N)Oc3cc(OC(=O)c4ccc([N+](=O)[O-])cc4)ccc32)cc1. The number of ether oxygens (including phenoxy) is 3. The molecule has 2 N–H and O–H groups in total. The molecule has 0 fully saturated rings. The number of rotatable bonds is 6. The first kappa shape index (κ1) is 22.4. The quantitative estimate of drug-likeness (QED) is 0.248. The minimum absolute atomic E-state index is 0.0345. The predicted octanol–water partition coefficient (Wildman–Crippen LogP) is 4.43. The Balaban J connectivity index is 1.62. The Bertz CT molecular complexity index is 1320. The third-order valence-electron chi connectivity index (χ3n) is 5.24. The number of carbonyl (C=O) groups is 1. The highest BCUT2D eigenvalue weighted by Gasteiger charge is 2.31. The molecule has 170 valence electrons. The maximum Gasteiger partial charge on any atom is 0.343 e. The van der Waals surface area contributed by atoms with Crippen LogP contribution in [0.25, 0.3) is 0 Å². The van der Waals surface area contributed by atoms with Crippen LogP contribution in [0.1, 0.15) is 34.3 Å². The van der Waals surface area contributed by atoms with Gasteiger partial charge >= 0.3 is 5.97 Å². The molecule has 9 nitrogen and oxygen atoms in total. The summed E-state index contributed by atoms with van der Waals surface area (Å²) in [5.74, 6) is 0.0687. The van der Waals surface area contributed by atoms with Crippen LogP contribution < -0.4 is 19.9 Å². The van der Waals surface area contributed by atoms with Gasteiger partial charge in [0.2, 0.25) is 5.88 Å². The molecule has 0 aromatic heterocycles. The highest BCUT2D eigenvalue weighted by atomic mass is 16.6. The van der Waals surface area contributed by atoms with Crippen molar-refractivity contribution in [1.82, 2.24) is 0 Å². The minimum atomic E-state index is -0.685. The number of nitrogens with two attached hydrogens (primary N) is 1. The fourth-order valence-corrected chi connectivity index (χ4v) is 3.65. The number of non-ortho nitro benzene ring substituents is 1. The third kappa shape index (κ3) is 4.38. The van der Waals surface area contributed by atoms with E-state index >= 15 is 0 Å². The van der Waals surface area contributed by atoms with Gasteiger partial charge in [-0.1, -0.05) is 18.2 Å². The second kappa shape index (κ2) is 9.34. The third-order valence-corrected chi connectivity index (χ3v) is 5.24. The molecule has 0 aliphatic carbocycles. The maximum absolute atomic E-state index is 12.5. The van der Waals surface area contributed by atoms with Crippen molar-refractivity contribution in [3.63, 3.8) is 0 Å². The molecule has 3 aromatic carbocycles.